The summed E-state index contributed by atoms with van der Waals surface area (Å²) in [5, 5.41) is 27.6. The lowest BCUT2D eigenvalue weighted by molar-refractivity contribution is 0.0866. The largest absolute Gasteiger partial charge is 0.383 e. The Hall–Kier alpha value is -3.67. The van der Waals surface area contributed by atoms with Crippen LogP contribution in [-0.2, 0) is 0 Å². The summed E-state index contributed by atoms with van der Waals surface area (Å²) in [5.74, 6) is 0. The number of likely N-dealkylation sites (tertiary alicyclic amines) is 1. The predicted octanol–water partition coefficient (Wildman–Crippen LogP) is 7.45. The summed E-state index contributed by atoms with van der Waals surface area (Å²) in [7, 11) is 0. The highest BCUT2D eigenvalue weighted by Gasteiger charge is 2.29. The molecule has 0 spiro atoms. The number of nitrogens with zero attached hydrogens (tertiary/aromatic N) is 6. The number of aromatic nitrogens is 4. The molecule has 1 fully saturated rings. The molecule has 0 amide bonds. The SMILES string of the molecule is CC(C)(C)CNc1c(C#N)cnc2c(Cl)cc(NC(c3ccccc3)c3cn(C4CCN(C(C)(C)C)CC4)nn3)cc12. The summed E-state index contributed by atoms with van der Waals surface area (Å²) in [6, 6.07) is 16.5. The van der Waals surface area contributed by atoms with Gasteiger partial charge in [-0.2, -0.15) is 5.26 Å². The second kappa shape index (κ2) is 11.9. The molecule has 0 radical (unpaired) electrons. The van der Waals surface area contributed by atoms with Gasteiger partial charge in [0.2, 0.25) is 0 Å². The second-order valence-electron chi connectivity index (χ2n) is 13.4. The first kappa shape index (κ1) is 29.8. The van der Waals surface area contributed by atoms with Crippen molar-refractivity contribution in [2.75, 3.05) is 30.3 Å². The Kier molecular flexibility index (Phi) is 8.45. The lowest BCUT2D eigenvalue weighted by Crippen LogP contribution is -2.46. The van der Waals surface area contributed by atoms with Crippen LogP contribution >= 0.6 is 11.6 Å². The molecule has 1 unspecified atom stereocenters. The van der Waals surface area contributed by atoms with Crippen LogP contribution in [-0.4, -0.2) is 50.1 Å². The van der Waals surface area contributed by atoms with Crippen LogP contribution in [0.4, 0.5) is 11.4 Å². The van der Waals surface area contributed by atoms with Crippen molar-refractivity contribution in [3.05, 3.63) is 76.7 Å². The second-order valence-corrected chi connectivity index (χ2v) is 13.8. The summed E-state index contributed by atoms with van der Waals surface area (Å²) in [6.07, 6.45) is 5.75. The lowest BCUT2D eigenvalue weighted by atomic mass is 9.96. The van der Waals surface area contributed by atoms with Crippen LogP contribution in [0.5, 0.6) is 0 Å². The molecule has 1 atom stereocenters. The first-order valence-electron chi connectivity index (χ1n) is 14.7. The molecule has 5 rings (SSSR count). The van der Waals surface area contributed by atoms with E-state index in [0.29, 0.717) is 28.7 Å². The molecule has 0 saturated carbocycles. The number of nitrogens with one attached hydrogen (secondary N) is 2. The van der Waals surface area contributed by atoms with Crippen molar-refractivity contribution in [1.82, 2.24) is 24.9 Å². The summed E-state index contributed by atoms with van der Waals surface area (Å²) < 4.78 is 2.04. The minimum atomic E-state index is -0.249. The highest BCUT2D eigenvalue weighted by atomic mass is 35.5. The Morgan fingerprint density at radius 3 is 2.43 bits per heavy atom. The summed E-state index contributed by atoms with van der Waals surface area (Å²) in [6.45, 7) is 16.1. The molecule has 2 aromatic heterocycles. The van der Waals surface area contributed by atoms with E-state index in [9.17, 15) is 5.26 Å². The number of hydrogen-bond acceptors (Lipinski definition) is 7. The van der Waals surface area contributed by atoms with E-state index in [4.69, 9.17) is 11.6 Å². The normalized spacial score (nSPS) is 15.9. The van der Waals surface area contributed by atoms with E-state index in [1.165, 1.54) is 0 Å². The summed E-state index contributed by atoms with van der Waals surface area (Å²) in [5.41, 5.74) is 4.80. The van der Waals surface area contributed by atoms with Crippen LogP contribution in [0.15, 0.2) is 54.9 Å². The molecular formula is C33H41ClN8. The Labute approximate surface area is 254 Å². The molecule has 0 bridgehead atoms. The molecule has 1 aliphatic rings. The van der Waals surface area contributed by atoms with E-state index >= 15 is 0 Å². The molecule has 4 aromatic rings. The van der Waals surface area contributed by atoms with Gasteiger partial charge in [0.25, 0.3) is 0 Å². The summed E-state index contributed by atoms with van der Waals surface area (Å²) in [4.78, 5) is 7.06. The number of hydrogen-bond donors (Lipinski definition) is 2. The number of halogens is 1. The zero-order valence-corrected chi connectivity index (χ0v) is 26.2. The average Bonchev–Trinajstić information content (AvgIpc) is 3.44. The van der Waals surface area contributed by atoms with Crippen molar-refractivity contribution in [3.63, 3.8) is 0 Å². The smallest absolute Gasteiger partial charge is 0.109 e. The van der Waals surface area contributed by atoms with E-state index in [2.05, 4.69) is 96.8 Å². The molecule has 42 heavy (non-hydrogen) atoms. The van der Waals surface area contributed by atoms with Crippen molar-refractivity contribution >= 4 is 33.9 Å². The number of fused-ring (bicyclic) bond motifs is 1. The van der Waals surface area contributed by atoms with Gasteiger partial charge in [-0.15, -0.1) is 5.10 Å². The Bertz CT molecular complexity index is 1570. The highest BCUT2D eigenvalue weighted by Crippen LogP contribution is 2.36. The Balaban J connectivity index is 1.48. The maximum atomic E-state index is 9.85. The standard InChI is InChI=1S/C33H41ClN8/c1-32(2,3)21-37-29-23(18-35)19-36-31-26(29)16-24(17-27(31)34)38-30(22-10-8-7-9-11-22)28-20-42(40-39-28)25-12-14-41(15-13-25)33(4,5)6/h7-11,16-17,19-20,25,30,38H,12-15,21H2,1-6H3,(H,36,37). The number of piperidine rings is 1. The summed E-state index contributed by atoms with van der Waals surface area (Å²) >= 11 is 6.80. The Morgan fingerprint density at radius 1 is 1.07 bits per heavy atom. The average molecular weight is 585 g/mol. The quantitative estimate of drug-likeness (QED) is 0.233. The third kappa shape index (κ3) is 6.69. The minimum Gasteiger partial charge on any atom is -0.383 e. The molecule has 3 heterocycles. The maximum Gasteiger partial charge on any atom is 0.109 e. The van der Waals surface area contributed by atoms with Crippen LogP contribution in [0.1, 0.15) is 83.3 Å². The van der Waals surface area contributed by atoms with Gasteiger partial charge in [-0.25, -0.2) is 4.68 Å². The van der Waals surface area contributed by atoms with E-state index < -0.39 is 0 Å². The number of nitriles is 1. The zero-order chi connectivity index (χ0) is 30.1. The molecule has 8 nitrogen and oxygen atoms in total. The highest BCUT2D eigenvalue weighted by molar-refractivity contribution is 6.35. The van der Waals surface area contributed by atoms with Gasteiger partial charge < -0.3 is 10.6 Å². The van der Waals surface area contributed by atoms with Crippen molar-refractivity contribution < 1.29 is 0 Å². The van der Waals surface area contributed by atoms with Gasteiger partial charge in [0.1, 0.15) is 11.8 Å². The maximum absolute atomic E-state index is 9.85. The Morgan fingerprint density at radius 2 is 1.79 bits per heavy atom. The molecule has 1 saturated heterocycles. The molecular weight excluding hydrogens is 544 g/mol. The van der Waals surface area contributed by atoms with Crippen LogP contribution < -0.4 is 10.6 Å². The fourth-order valence-corrected chi connectivity index (χ4v) is 5.78. The molecule has 1 aliphatic heterocycles. The van der Waals surface area contributed by atoms with Crippen molar-refractivity contribution in [3.8, 4) is 6.07 Å². The number of pyridine rings is 1. The van der Waals surface area contributed by atoms with Crippen LogP contribution in [0, 0.1) is 16.7 Å². The van der Waals surface area contributed by atoms with Crippen LogP contribution in [0.3, 0.4) is 0 Å². The monoisotopic (exact) mass is 584 g/mol. The van der Waals surface area contributed by atoms with Gasteiger partial charge in [-0.05, 0) is 56.7 Å². The van der Waals surface area contributed by atoms with Gasteiger partial charge in [0.15, 0.2) is 0 Å². The van der Waals surface area contributed by atoms with Crippen molar-refractivity contribution in [2.45, 2.75) is 72.0 Å². The van der Waals surface area contributed by atoms with Crippen molar-refractivity contribution in [2.24, 2.45) is 5.41 Å². The molecule has 2 N–H and O–H groups in total. The molecule has 9 heteroatoms. The van der Waals surface area contributed by atoms with Crippen LogP contribution in [0.2, 0.25) is 5.02 Å². The first-order chi connectivity index (χ1) is 19.9. The third-order valence-corrected chi connectivity index (χ3v) is 8.18. The minimum absolute atomic E-state index is 0.0234. The molecule has 2 aromatic carbocycles. The van der Waals surface area contributed by atoms with E-state index in [1.54, 1.807) is 6.20 Å². The van der Waals surface area contributed by atoms with E-state index in [0.717, 1.165) is 53.9 Å². The third-order valence-electron chi connectivity index (χ3n) is 7.90. The number of anilines is 2. The molecule has 220 valence electrons. The van der Waals surface area contributed by atoms with E-state index in [-0.39, 0.29) is 17.0 Å². The van der Waals surface area contributed by atoms with E-state index in [1.807, 2.05) is 35.0 Å². The number of benzene rings is 2. The van der Waals surface area contributed by atoms with Gasteiger partial charge in [0, 0.05) is 42.4 Å². The van der Waals surface area contributed by atoms with Crippen molar-refractivity contribution in [1.29, 1.82) is 5.26 Å². The first-order valence-corrected chi connectivity index (χ1v) is 15.1. The van der Waals surface area contributed by atoms with Gasteiger partial charge in [-0.3, -0.25) is 9.88 Å². The van der Waals surface area contributed by atoms with Gasteiger partial charge in [-0.1, -0.05) is 67.9 Å². The molecule has 0 aliphatic carbocycles. The fourth-order valence-electron chi connectivity index (χ4n) is 5.51. The topological polar surface area (TPSA) is 94.7 Å². The van der Waals surface area contributed by atoms with Gasteiger partial charge >= 0.3 is 0 Å². The zero-order valence-electron chi connectivity index (χ0n) is 25.4. The predicted molar refractivity (Wildman–Crippen MR) is 171 cm³/mol. The van der Waals surface area contributed by atoms with Crippen LogP contribution in [0.25, 0.3) is 10.9 Å². The lowest BCUT2D eigenvalue weighted by Gasteiger charge is -2.40. The fraction of sp³-hybridized carbons (Fsp3) is 0.455. The van der Waals surface area contributed by atoms with Gasteiger partial charge in [0.05, 0.1) is 40.1 Å². The number of rotatable bonds is 7.